The van der Waals surface area contributed by atoms with E-state index in [-0.39, 0.29) is 11.5 Å². The fraction of sp³-hybridized carbons (Fsp3) is 0.333. The first-order chi connectivity index (χ1) is 13.9. The molecule has 2 aromatic carbocycles. The van der Waals surface area contributed by atoms with Crippen LogP contribution in [0.1, 0.15) is 17.3 Å². The highest BCUT2D eigenvalue weighted by Gasteiger charge is 2.22. The van der Waals surface area contributed by atoms with Gasteiger partial charge in [-0.05, 0) is 42.5 Å². The predicted octanol–water partition coefficient (Wildman–Crippen LogP) is 3.20. The van der Waals surface area contributed by atoms with E-state index in [1.807, 2.05) is 12.1 Å². The number of benzene rings is 2. The molecule has 0 spiro atoms. The van der Waals surface area contributed by atoms with Gasteiger partial charge in [0, 0.05) is 50.4 Å². The summed E-state index contributed by atoms with van der Waals surface area (Å²) < 4.78 is 5.74. The van der Waals surface area contributed by atoms with Crippen molar-refractivity contribution >= 4 is 34.9 Å². The molecule has 0 bridgehead atoms. The van der Waals surface area contributed by atoms with Gasteiger partial charge in [0.1, 0.15) is 12.4 Å². The summed E-state index contributed by atoms with van der Waals surface area (Å²) in [5.74, 6) is -0.451. The first kappa shape index (κ1) is 21.0. The van der Waals surface area contributed by atoms with Crippen molar-refractivity contribution in [2.75, 3.05) is 49.5 Å². The van der Waals surface area contributed by atoms with Gasteiger partial charge in [-0.1, -0.05) is 11.6 Å². The second-order valence-electron chi connectivity index (χ2n) is 6.85. The minimum Gasteiger partial charge on any atom is -0.492 e. The maximum absolute atomic E-state index is 11.7. The van der Waals surface area contributed by atoms with Crippen molar-refractivity contribution in [3.8, 4) is 5.75 Å². The van der Waals surface area contributed by atoms with Crippen LogP contribution < -0.4 is 15.0 Å². The molecular formula is C21H24ClN3O4. The highest BCUT2D eigenvalue weighted by Crippen LogP contribution is 2.26. The van der Waals surface area contributed by atoms with Crippen LogP contribution in [0.4, 0.5) is 11.4 Å². The minimum atomic E-state index is -1.01. The highest BCUT2D eigenvalue weighted by atomic mass is 35.5. The molecule has 1 amide bonds. The molecular weight excluding hydrogens is 394 g/mol. The summed E-state index contributed by atoms with van der Waals surface area (Å²) in [5.41, 5.74) is 1.34. The summed E-state index contributed by atoms with van der Waals surface area (Å²) in [6, 6.07) is 12.3. The molecule has 0 saturated carbocycles. The number of anilines is 2. The van der Waals surface area contributed by atoms with E-state index in [0.717, 1.165) is 38.5 Å². The van der Waals surface area contributed by atoms with E-state index in [4.69, 9.17) is 16.3 Å². The van der Waals surface area contributed by atoms with E-state index >= 15 is 0 Å². The minimum absolute atomic E-state index is 0.191. The summed E-state index contributed by atoms with van der Waals surface area (Å²) in [4.78, 5) is 27.3. The predicted molar refractivity (Wildman–Crippen MR) is 113 cm³/mol. The molecule has 1 heterocycles. The van der Waals surface area contributed by atoms with Crippen molar-refractivity contribution in [1.82, 2.24) is 4.90 Å². The number of carbonyl (C=O) groups is 2. The number of carboxylic acid groups (broad SMARTS) is 1. The Balaban J connectivity index is 1.53. The molecule has 0 radical (unpaired) electrons. The van der Waals surface area contributed by atoms with Crippen molar-refractivity contribution in [1.29, 1.82) is 0 Å². The first-order valence-corrected chi connectivity index (χ1v) is 9.81. The molecule has 8 heteroatoms. The number of halogens is 1. The fourth-order valence-corrected chi connectivity index (χ4v) is 3.43. The molecule has 0 atom stereocenters. The summed E-state index contributed by atoms with van der Waals surface area (Å²) >= 11 is 5.87. The van der Waals surface area contributed by atoms with Crippen molar-refractivity contribution < 1.29 is 19.4 Å². The van der Waals surface area contributed by atoms with Crippen molar-refractivity contribution in [2.45, 2.75) is 6.92 Å². The van der Waals surface area contributed by atoms with Crippen LogP contribution in [0, 0.1) is 0 Å². The van der Waals surface area contributed by atoms with Gasteiger partial charge < -0.3 is 20.1 Å². The number of nitrogens with zero attached hydrogens (tertiary/aromatic N) is 2. The van der Waals surface area contributed by atoms with Gasteiger partial charge in [0.25, 0.3) is 0 Å². The number of piperazine rings is 1. The Bertz CT molecular complexity index is 865. The SMILES string of the molecule is CC(=O)Nc1ccc(N2CCN(CCOc3ccc(Cl)cc3)CC2)c(C(=O)O)c1. The number of hydrogen-bond donors (Lipinski definition) is 2. The van der Waals surface area contributed by atoms with Crippen LogP contribution in [0.5, 0.6) is 5.75 Å². The normalized spacial score (nSPS) is 14.5. The number of nitrogens with one attached hydrogen (secondary N) is 1. The summed E-state index contributed by atoms with van der Waals surface area (Å²) in [7, 11) is 0. The van der Waals surface area contributed by atoms with E-state index in [1.165, 1.54) is 13.0 Å². The quantitative estimate of drug-likeness (QED) is 0.720. The van der Waals surface area contributed by atoms with Gasteiger partial charge in [0.2, 0.25) is 5.91 Å². The highest BCUT2D eigenvalue weighted by molar-refractivity contribution is 6.30. The Morgan fingerprint density at radius 3 is 2.41 bits per heavy atom. The molecule has 1 saturated heterocycles. The summed E-state index contributed by atoms with van der Waals surface area (Å²) in [5, 5.41) is 12.9. The fourth-order valence-electron chi connectivity index (χ4n) is 3.30. The maximum atomic E-state index is 11.7. The molecule has 0 aliphatic carbocycles. The number of rotatable bonds is 7. The zero-order chi connectivity index (χ0) is 20.8. The number of carbonyl (C=O) groups excluding carboxylic acids is 1. The van der Waals surface area contributed by atoms with Crippen molar-refractivity contribution in [3.05, 3.63) is 53.1 Å². The Hall–Kier alpha value is -2.77. The average Bonchev–Trinajstić information content (AvgIpc) is 2.69. The Morgan fingerprint density at radius 1 is 1.10 bits per heavy atom. The van der Waals surface area contributed by atoms with Gasteiger partial charge in [-0.2, -0.15) is 0 Å². The largest absolute Gasteiger partial charge is 0.492 e. The molecule has 1 aliphatic rings. The van der Waals surface area contributed by atoms with Crippen LogP contribution >= 0.6 is 11.6 Å². The first-order valence-electron chi connectivity index (χ1n) is 9.43. The number of hydrogen-bond acceptors (Lipinski definition) is 5. The van der Waals surface area contributed by atoms with Crippen LogP contribution in [-0.2, 0) is 4.79 Å². The van der Waals surface area contributed by atoms with Crippen molar-refractivity contribution in [3.63, 3.8) is 0 Å². The van der Waals surface area contributed by atoms with Crippen molar-refractivity contribution in [2.24, 2.45) is 0 Å². The van der Waals surface area contributed by atoms with E-state index in [0.29, 0.717) is 23.0 Å². The van der Waals surface area contributed by atoms with E-state index < -0.39 is 5.97 Å². The second-order valence-corrected chi connectivity index (χ2v) is 7.29. The lowest BCUT2D eigenvalue weighted by Crippen LogP contribution is -2.47. The Labute approximate surface area is 174 Å². The Morgan fingerprint density at radius 2 is 1.79 bits per heavy atom. The zero-order valence-corrected chi connectivity index (χ0v) is 17.0. The maximum Gasteiger partial charge on any atom is 0.337 e. The van der Waals surface area contributed by atoms with Gasteiger partial charge in [0.05, 0.1) is 11.3 Å². The van der Waals surface area contributed by atoms with E-state index in [2.05, 4.69) is 15.1 Å². The summed E-state index contributed by atoms with van der Waals surface area (Å²) in [6.07, 6.45) is 0. The smallest absolute Gasteiger partial charge is 0.337 e. The van der Waals surface area contributed by atoms with Crippen LogP contribution in [-0.4, -0.2) is 61.2 Å². The summed E-state index contributed by atoms with van der Waals surface area (Å²) in [6.45, 7) is 5.84. The molecule has 0 unspecified atom stereocenters. The topological polar surface area (TPSA) is 82.1 Å². The number of carboxylic acids is 1. The van der Waals surface area contributed by atoms with Crippen LogP contribution in [0.15, 0.2) is 42.5 Å². The molecule has 2 N–H and O–H groups in total. The third-order valence-electron chi connectivity index (χ3n) is 4.75. The lowest BCUT2D eigenvalue weighted by Gasteiger charge is -2.36. The van der Waals surface area contributed by atoms with Gasteiger partial charge in [0.15, 0.2) is 0 Å². The standard InChI is InChI=1S/C21H24ClN3O4/c1-15(26)23-17-4-7-20(19(14-17)21(27)28)25-10-8-24(9-11-25)12-13-29-18-5-2-16(22)3-6-18/h2-7,14H,8-13H2,1H3,(H,23,26)(H,27,28). The molecule has 1 aliphatic heterocycles. The van der Waals surface area contributed by atoms with Gasteiger partial charge in [-0.15, -0.1) is 0 Å². The monoisotopic (exact) mass is 417 g/mol. The third kappa shape index (κ3) is 5.85. The van der Waals surface area contributed by atoms with Gasteiger partial charge in [-0.25, -0.2) is 4.79 Å². The van der Waals surface area contributed by atoms with Gasteiger partial charge >= 0.3 is 5.97 Å². The van der Waals surface area contributed by atoms with E-state index in [1.54, 1.807) is 24.3 Å². The third-order valence-corrected chi connectivity index (χ3v) is 5.00. The lowest BCUT2D eigenvalue weighted by atomic mass is 10.1. The molecule has 1 fully saturated rings. The van der Waals surface area contributed by atoms with Crippen LogP contribution in [0.3, 0.4) is 0 Å². The number of ether oxygens (including phenoxy) is 1. The lowest BCUT2D eigenvalue weighted by molar-refractivity contribution is -0.114. The average molecular weight is 418 g/mol. The Kier molecular flexibility index (Phi) is 6.95. The van der Waals surface area contributed by atoms with Gasteiger partial charge in [-0.3, -0.25) is 9.69 Å². The van der Waals surface area contributed by atoms with E-state index in [9.17, 15) is 14.7 Å². The molecule has 154 valence electrons. The zero-order valence-electron chi connectivity index (χ0n) is 16.2. The molecule has 7 nitrogen and oxygen atoms in total. The number of aromatic carboxylic acids is 1. The number of amides is 1. The van der Waals surface area contributed by atoms with Crippen LogP contribution in [0.25, 0.3) is 0 Å². The molecule has 29 heavy (non-hydrogen) atoms. The molecule has 2 aromatic rings. The molecule has 0 aromatic heterocycles. The van der Waals surface area contributed by atoms with Crippen LogP contribution in [0.2, 0.25) is 5.02 Å². The second kappa shape index (κ2) is 9.62. The molecule has 3 rings (SSSR count).